The number of hydrogen-bond donors (Lipinski definition) is 0. The van der Waals surface area contributed by atoms with Gasteiger partial charge in [-0.15, -0.1) is 0 Å². The first kappa shape index (κ1) is 24.9. The summed E-state index contributed by atoms with van der Waals surface area (Å²) in [6.45, 7) is 7.11. The summed E-state index contributed by atoms with van der Waals surface area (Å²) in [5.74, 6) is -0.0360. The van der Waals surface area contributed by atoms with Gasteiger partial charge in [-0.2, -0.15) is 0 Å². The third-order valence-electron chi connectivity index (χ3n) is 4.59. The summed E-state index contributed by atoms with van der Waals surface area (Å²) in [6.07, 6.45) is 15.4. The maximum absolute atomic E-state index is 11.7. The molecule has 0 radical (unpaired) electrons. The Kier molecular flexibility index (Phi) is 18.0. The Labute approximate surface area is 161 Å². The van der Waals surface area contributed by atoms with E-state index in [1.165, 1.54) is 44.9 Å². The minimum Gasteiger partial charge on any atom is -0.466 e. The van der Waals surface area contributed by atoms with Gasteiger partial charge in [0.15, 0.2) is 0 Å². The van der Waals surface area contributed by atoms with E-state index in [9.17, 15) is 9.59 Å². The van der Waals surface area contributed by atoms with E-state index in [1.807, 2.05) is 20.8 Å². The normalized spacial score (nSPS) is 12.0. The number of carbonyl (C=O) groups is 2. The lowest BCUT2D eigenvalue weighted by atomic mass is 10.0. The molecule has 0 amide bonds. The van der Waals surface area contributed by atoms with Crippen molar-refractivity contribution < 1.29 is 19.1 Å². The molecule has 0 N–H and O–H groups in total. The topological polar surface area (TPSA) is 52.6 Å². The molecule has 0 fully saturated rings. The van der Waals surface area contributed by atoms with Crippen LogP contribution in [-0.2, 0) is 19.1 Å². The van der Waals surface area contributed by atoms with Crippen molar-refractivity contribution >= 4 is 11.9 Å². The van der Waals surface area contributed by atoms with Crippen LogP contribution in [0.2, 0.25) is 0 Å². The highest BCUT2D eigenvalue weighted by Gasteiger charge is 2.13. The highest BCUT2D eigenvalue weighted by atomic mass is 16.5. The summed E-state index contributed by atoms with van der Waals surface area (Å²) in [4.78, 5) is 23.0. The summed E-state index contributed by atoms with van der Waals surface area (Å²) < 4.78 is 10.2. The van der Waals surface area contributed by atoms with Crippen LogP contribution in [0.15, 0.2) is 0 Å². The van der Waals surface area contributed by atoms with Crippen LogP contribution in [0.25, 0.3) is 0 Å². The first-order chi connectivity index (χ1) is 12.6. The molecule has 0 heterocycles. The molecule has 4 nitrogen and oxygen atoms in total. The third-order valence-corrected chi connectivity index (χ3v) is 4.59. The van der Waals surface area contributed by atoms with Gasteiger partial charge in [0.1, 0.15) is 0 Å². The van der Waals surface area contributed by atoms with Gasteiger partial charge >= 0.3 is 11.9 Å². The SMILES string of the molecule is CCCOC(=O)CCCCCCCCCCCCC(C)C(=O)OCCC. The van der Waals surface area contributed by atoms with Gasteiger partial charge in [0.25, 0.3) is 0 Å². The number of unbranched alkanes of at least 4 members (excludes halogenated alkanes) is 9. The fourth-order valence-electron chi connectivity index (χ4n) is 2.88. The van der Waals surface area contributed by atoms with E-state index in [1.54, 1.807) is 0 Å². The van der Waals surface area contributed by atoms with E-state index in [-0.39, 0.29) is 17.9 Å². The van der Waals surface area contributed by atoms with Crippen LogP contribution in [-0.4, -0.2) is 25.2 Å². The van der Waals surface area contributed by atoms with E-state index >= 15 is 0 Å². The Balaban J connectivity index is 3.26. The number of ether oxygens (including phenoxy) is 2. The lowest BCUT2D eigenvalue weighted by molar-refractivity contribution is -0.148. The molecule has 0 aromatic heterocycles. The van der Waals surface area contributed by atoms with Crippen LogP contribution in [0.1, 0.15) is 111 Å². The highest BCUT2D eigenvalue weighted by Crippen LogP contribution is 2.15. The molecule has 0 bridgehead atoms. The van der Waals surface area contributed by atoms with Crippen molar-refractivity contribution in [1.82, 2.24) is 0 Å². The molecular weight excluding hydrogens is 328 g/mol. The van der Waals surface area contributed by atoms with Crippen molar-refractivity contribution in [2.45, 2.75) is 111 Å². The first-order valence-corrected chi connectivity index (χ1v) is 10.9. The molecule has 0 aromatic rings. The molecule has 0 aliphatic rings. The second kappa shape index (κ2) is 18.7. The van der Waals surface area contributed by atoms with E-state index in [4.69, 9.17) is 9.47 Å². The van der Waals surface area contributed by atoms with Crippen LogP contribution in [0.4, 0.5) is 0 Å². The predicted molar refractivity (Wildman–Crippen MR) is 107 cm³/mol. The molecule has 26 heavy (non-hydrogen) atoms. The van der Waals surface area contributed by atoms with Crippen molar-refractivity contribution in [1.29, 1.82) is 0 Å². The standard InChI is InChI=1S/C22H42O4/c1-4-18-25-21(23)17-15-13-11-9-7-6-8-10-12-14-16-20(3)22(24)26-19-5-2/h20H,4-19H2,1-3H3. The van der Waals surface area contributed by atoms with Gasteiger partial charge in [-0.3, -0.25) is 9.59 Å². The zero-order valence-corrected chi connectivity index (χ0v) is 17.5. The summed E-state index contributed by atoms with van der Waals surface area (Å²) in [7, 11) is 0. The Bertz CT molecular complexity index is 341. The molecule has 0 saturated carbocycles. The zero-order valence-electron chi connectivity index (χ0n) is 17.5. The van der Waals surface area contributed by atoms with Crippen LogP contribution >= 0.6 is 0 Å². The second-order valence-corrected chi connectivity index (χ2v) is 7.36. The average Bonchev–Trinajstić information content (AvgIpc) is 2.64. The number of hydrogen-bond acceptors (Lipinski definition) is 4. The average molecular weight is 371 g/mol. The second-order valence-electron chi connectivity index (χ2n) is 7.36. The molecule has 0 aliphatic heterocycles. The molecule has 1 unspecified atom stereocenters. The number of rotatable bonds is 18. The van der Waals surface area contributed by atoms with Gasteiger partial charge in [0.2, 0.25) is 0 Å². The number of esters is 2. The fourth-order valence-corrected chi connectivity index (χ4v) is 2.88. The summed E-state index contributed by atoms with van der Waals surface area (Å²) >= 11 is 0. The van der Waals surface area contributed by atoms with Gasteiger partial charge in [0.05, 0.1) is 19.1 Å². The van der Waals surface area contributed by atoms with Gasteiger partial charge in [-0.05, 0) is 25.7 Å². The Morgan fingerprint density at radius 2 is 1.15 bits per heavy atom. The Morgan fingerprint density at radius 1 is 0.692 bits per heavy atom. The number of carbonyl (C=O) groups excluding carboxylic acids is 2. The smallest absolute Gasteiger partial charge is 0.308 e. The summed E-state index contributed by atoms with van der Waals surface area (Å²) in [5, 5.41) is 0. The molecule has 0 aromatic carbocycles. The van der Waals surface area contributed by atoms with Crippen LogP contribution in [0, 0.1) is 5.92 Å². The summed E-state index contributed by atoms with van der Waals surface area (Å²) in [5.41, 5.74) is 0. The van der Waals surface area contributed by atoms with Gasteiger partial charge in [-0.25, -0.2) is 0 Å². The minimum atomic E-state index is -0.0419. The van der Waals surface area contributed by atoms with Crippen molar-refractivity contribution in [3.05, 3.63) is 0 Å². The third kappa shape index (κ3) is 16.4. The molecule has 0 saturated heterocycles. The molecule has 0 spiro atoms. The minimum absolute atomic E-state index is 0.0366. The fraction of sp³-hybridized carbons (Fsp3) is 0.909. The molecular formula is C22H42O4. The van der Waals surface area contributed by atoms with Crippen molar-refractivity contribution in [3.8, 4) is 0 Å². The van der Waals surface area contributed by atoms with Crippen molar-refractivity contribution in [3.63, 3.8) is 0 Å². The van der Waals surface area contributed by atoms with E-state index in [0.717, 1.165) is 38.5 Å². The molecule has 0 rings (SSSR count). The van der Waals surface area contributed by atoms with Gasteiger partial charge in [0, 0.05) is 6.42 Å². The van der Waals surface area contributed by atoms with Crippen LogP contribution in [0.5, 0.6) is 0 Å². The maximum Gasteiger partial charge on any atom is 0.308 e. The van der Waals surface area contributed by atoms with Crippen LogP contribution < -0.4 is 0 Å². The maximum atomic E-state index is 11.7. The van der Waals surface area contributed by atoms with Crippen molar-refractivity contribution in [2.24, 2.45) is 5.92 Å². The monoisotopic (exact) mass is 370 g/mol. The molecule has 4 heteroatoms. The predicted octanol–water partition coefficient (Wildman–Crippen LogP) is 6.21. The quantitative estimate of drug-likeness (QED) is 0.212. The zero-order chi connectivity index (χ0) is 19.5. The van der Waals surface area contributed by atoms with E-state index in [2.05, 4.69) is 0 Å². The lowest BCUT2D eigenvalue weighted by Gasteiger charge is -2.10. The molecule has 154 valence electrons. The van der Waals surface area contributed by atoms with E-state index in [0.29, 0.717) is 19.6 Å². The van der Waals surface area contributed by atoms with Crippen LogP contribution in [0.3, 0.4) is 0 Å². The Hall–Kier alpha value is -1.06. The van der Waals surface area contributed by atoms with Gasteiger partial charge < -0.3 is 9.47 Å². The largest absolute Gasteiger partial charge is 0.466 e. The highest BCUT2D eigenvalue weighted by molar-refractivity contribution is 5.71. The molecule has 1 atom stereocenters. The van der Waals surface area contributed by atoms with E-state index < -0.39 is 0 Å². The van der Waals surface area contributed by atoms with Crippen molar-refractivity contribution in [2.75, 3.05) is 13.2 Å². The molecule has 0 aliphatic carbocycles. The first-order valence-electron chi connectivity index (χ1n) is 10.9. The van der Waals surface area contributed by atoms with Gasteiger partial charge in [-0.1, -0.05) is 78.6 Å². The Morgan fingerprint density at radius 3 is 1.69 bits per heavy atom. The summed E-state index contributed by atoms with van der Waals surface area (Å²) in [6, 6.07) is 0. The lowest BCUT2D eigenvalue weighted by Crippen LogP contribution is -2.15.